The quantitative estimate of drug-likeness (QED) is 0.0751. The first-order valence-corrected chi connectivity index (χ1v) is 16.6. The summed E-state index contributed by atoms with van der Waals surface area (Å²) in [6, 6.07) is 14.8. The van der Waals surface area contributed by atoms with Gasteiger partial charge in [-0.2, -0.15) is 20.5 Å². The number of sulfone groups is 2. The highest BCUT2D eigenvalue weighted by Gasteiger charge is 2.35. The molecule has 0 N–H and O–H groups in total. The van der Waals surface area contributed by atoms with Crippen LogP contribution in [0.25, 0.3) is 43.1 Å². The van der Waals surface area contributed by atoms with Crippen LogP contribution in [-0.2, 0) is 19.7 Å². The molecule has 240 valence electrons. The predicted octanol–water partition coefficient (Wildman–Crippen LogP) is 5.69. The molecule has 0 atom stereocenters. The van der Waals surface area contributed by atoms with Crippen LogP contribution in [-0.4, -0.2) is 21.8 Å². The van der Waals surface area contributed by atoms with Crippen molar-refractivity contribution in [1.29, 1.82) is 10.5 Å². The van der Waals surface area contributed by atoms with Crippen LogP contribution in [0.4, 0.5) is 22.0 Å². The Labute approximate surface area is 271 Å². The lowest BCUT2D eigenvalue weighted by Crippen LogP contribution is -2.13. The van der Waals surface area contributed by atoms with Crippen LogP contribution in [0.1, 0.15) is 0 Å². The number of nitriles is 2. The second-order valence-corrected chi connectivity index (χ2v) is 14.3. The molecule has 9 nitrogen and oxygen atoms in total. The van der Waals surface area contributed by atoms with E-state index in [1.807, 2.05) is 0 Å². The van der Waals surface area contributed by atoms with Gasteiger partial charge in [-0.1, -0.05) is 30.3 Å². The maximum Gasteiger partial charge on any atom is 0.223 e. The molecular formula is C33H12F5N5O4S2. The lowest BCUT2D eigenvalue weighted by Gasteiger charge is -2.09. The zero-order chi connectivity index (χ0) is 35.0. The van der Waals surface area contributed by atoms with Gasteiger partial charge in [0.1, 0.15) is 4.90 Å². The minimum atomic E-state index is -5.39. The van der Waals surface area contributed by atoms with E-state index in [0.717, 1.165) is 12.1 Å². The highest BCUT2D eigenvalue weighted by molar-refractivity contribution is 7.91. The molecule has 0 amide bonds. The Kier molecular flexibility index (Phi) is 7.06. The van der Waals surface area contributed by atoms with Crippen LogP contribution in [0.15, 0.2) is 103 Å². The third-order valence-corrected chi connectivity index (χ3v) is 11.5. The van der Waals surface area contributed by atoms with Crippen LogP contribution < -0.4 is 10.7 Å². The maximum atomic E-state index is 14.6. The molecule has 1 heterocycles. The van der Waals surface area contributed by atoms with Gasteiger partial charge in [-0.05, 0) is 57.9 Å². The van der Waals surface area contributed by atoms with Gasteiger partial charge in [-0.25, -0.2) is 43.8 Å². The third kappa shape index (κ3) is 4.42. The summed E-state index contributed by atoms with van der Waals surface area (Å²) in [4.78, 5) is 8.68. The normalized spacial score (nSPS) is 13.1. The van der Waals surface area contributed by atoms with Crippen LogP contribution in [0.2, 0.25) is 0 Å². The molecule has 0 unspecified atom stereocenters. The van der Waals surface area contributed by atoms with Crippen molar-refractivity contribution in [1.82, 2.24) is 4.98 Å². The summed E-state index contributed by atoms with van der Waals surface area (Å²) in [7, 11) is -9.50. The van der Waals surface area contributed by atoms with Gasteiger partial charge < -0.3 is 0 Å². The van der Waals surface area contributed by atoms with Gasteiger partial charge in [-0.15, -0.1) is 0 Å². The molecular weight excluding hydrogens is 690 g/mol. The number of benzene rings is 4. The average molecular weight is 702 g/mol. The second-order valence-electron chi connectivity index (χ2n) is 10.5. The van der Waals surface area contributed by atoms with E-state index >= 15 is 0 Å². The highest BCUT2D eigenvalue weighted by atomic mass is 32.2. The molecule has 0 aliphatic heterocycles. The van der Waals surface area contributed by atoms with Gasteiger partial charge in [0.2, 0.25) is 37.9 Å². The van der Waals surface area contributed by atoms with Crippen LogP contribution in [0.5, 0.6) is 0 Å². The molecule has 0 bridgehead atoms. The number of hydrogen-bond acceptors (Lipinski definition) is 9. The molecule has 0 fully saturated rings. The van der Waals surface area contributed by atoms with Gasteiger partial charge in [0.25, 0.3) is 0 Å². The van der Waals surface area contributed by atoms with Crippen molar-refractivity contribution in [2.75, 3.05) is 0 Å². The monoisotopic (exact) mass is 701 g/mol. The number of aromatic nitrogens is 1. The zero-order valence-electron chi connectivity index (χ0n) is 24.0. The van der Waals surface area contributed by atoms with E-state index < -0.39 is 58.6 Å². The largest absolute Gasteiger partial charge is 0.244 e. The SMILES string of the molecule is N#CN=c1c2cc(S(=O)(=O)c3ccccn3)ccc2c2ccc3c4ccc(S(=O)(=O)c5c(F)c(F)c(F)c(F)c5F)cc4c(=NC#N)c3c12. The fourth-order valence-corrected chi connectivity index (χ4v) is 8.58. The number of pyridine rings is 1. The Hall–Kier alpha value is -6.10. The average Bonchev–Trinajstić information content (AvgIpc) is 3.58. The van der Waals surface area contributed by atoms with E-state index in [2.05, 4.69) is 15.0 Å². The number of rotatable bonds is 4. The van der Waals surface area contributed by atoms with E-state index in [1.165, 1.54) is 42.6 Å². The first-order valence-electron chi connectivity index (χ1n) is 13.7. The summed E-state index contributed by atoms with van der Waals surface area (Å²) in [5, 5.41) is 21.1. The van der Waals surface area contributed by atoms with Crippen LogP contribution in [0.3, 0.4) is 0 Å². The predicted molar refractivity (Wildman–Crippen MR) is 163 cm³/mol. The Morgan fingerprint density at radius 3 is 1.45 bits per heavy atom. The Balaban J connectivity index is 1.57. The van der Waals surface area contributed by atoms with Crippen molar-refractivity contribution in [3.8, 4) is 12.4 Å². The van der Waals surface area contributed by atoms with E-state index in [0.29, 0.717) is 16.2 Å². The summed E-state index contributed by atoms with van der Waals surface area (Å²) in [6.07, 6.45) is 4.62. The number of halogens is 5. The fourth-order valence-electron chi connectivity index (χ4n) is 5.95. The van der Waals surface area contributed by atoms with Crippen molar-refractivity contribution < 1.29 is 38.8 Å². The molecule has 0 aliphatic carbocycles. The summed E-state index contributed by atoms with van der Waals surface area (Å²) in [5.74, 6) is -12.5. The van der Waals surface area contributed by atoms with Gasteiger partial charge in [0.15, 0.2) is 28.3 Å². The minimum absolute atomic E-state index is 0.00937. The van der Waals surface area contributed by atoms with E-state index in [1.54, 1.807) is 30.6 Å². The second kappa shape index (κ2) is 11.0. The standard InChI is InChI=1S/C33H12F5N5O4S2/c34-26-27(35)29(37)33(30(38)28(26)36)49(46,47)16-5-7-18-20-9-8-19-17-6-4-15(48(44,45)23-3-1-2-10-41-23)11-21(17)31(42-13-39)24(19)25(20)32(43-14-40)22(18)12-16/h1-12H. The molecule has 0 aliphatic rings. The van der Waals surface area contributed by atoms with Crippen molar-refractivity contribution in [3.63, 3.8) is 0 Å². The Morgan fingerprint density at radius 2 is 1.00 bits per heavy atom. The number of fused-ring (bicyclic) bond motifs is 7. The molecule has 0 saturated carbocycles. The van der Waals surface area contributed by atoms with Gasteiger partial charge in [0, 0.05) is 27.7 Å². The molecule has 0 spiro atoms. The lowest BCUT2D eigenvalue weighted by molar-refractivity contribution is 0.357. The van der Waals surface area contributed by atoms with Crippen molar-refractivity contribution in [3.05, 3.63) is 113 Å². The topological polar surface area (TPSA) is 153 Å². The van der Waals surface area contributed by atoms with Crippen molar-refractivity contribution in [2.24, 2.45) is 9.98 Å². The van der Waals surface area contributed by atoms with E-state index in [4.69, 9.17) is 0 Å². The Morgan fingerprint density at radius 1 is 0.551 bits per heavy atom. The highest BCUT2D eigenvalue weighted by Crippen LogP contribution is 2.37. The molecule has 7 aromatic rings. The molecule has 0 saturated heterocycles. The van der Waals surface area contributed by atoms with Gasteiger partial charge >= 0.3 is 0 Å². The van der Waals surface area contributed by atoms with Crippen molar-refractivity contribution in [2.45, 2.75) is 19.7 Å². The molecule has 7 rings (SSSR count). The fraction of sp³-hybridized carbons (Fsp3) is 0. The zero-order valence-corrected chi connectivity index (χ0v) is 25.6. The van der Waals surface area contributed by atoms with E-state index in [9.17, 15) is 49.3 Å². The third-order valence-electron chi connectivity index (χ3n) is 8.05. The van der Waals surface area contributed by atoms with Gasteiger partial charge in [0.05, 0.1) is 20.5 Å². The molecule has 49 heavy (non-hydrogen) atoms. The van der Waals surface area contributed by atoms with Crippen LogP contribution in [0, 0.1) is 52.0 Å². The molecule has 16 heteroatoms. The number of nitrogens with zero attached hydrogens (tertiary/aromatic N) is 5. The molecule has 1 aromatic heterocycles. The van der Waals surface area contributed by atoms with E-state index in [-0.39, 0.29) is 47.6 Å². The Bertz CT molecular complexity index is 3030. The summed E-state index contributed by atoms with van der Waals surface area (Å²) < 4.78 is 124. The first-order chi connectivity index (χ1) is 23.3. The molecule has 0 radical (unpaired) electrons. The molecule has 6 aromatic carbocycles. The van der Waals surface area contributed by atoms with Crippen molar-refractivity contribution >= 4 is 62.8 Å². The smallest absolute Gasteiger partial charge is 0.223 e. The summed E-state index contributed by atoms with van der Waals surface area (Å²) >= 11 is 0. The summed E-state index contributed by atoms with van der Waals surface area (Å²) in [5.41, 5.74) is 0. The van der Waals surface area contributed by atoms with Crippen LogP contribution >= 0.6 is 0 Å². The minimum Gasteiger partial charge on any atom is -0.244 e. The van der Waals surface area contributed by atoms with Gasteiger partial charge in [-0.3, -0.25) is 0 Å². The first kappa shape index (κ1) is 31.5. The lowest BCUT2D eigenvalue weighted by atomic mass is 10.1. The maximum absolute atomic E-state index is 14.6. The number of hydrogen-bond donors (Lipinski definition) is 0. The summed E-state index contributed by atoms with van der Waals surface area (Å²) in [6.45, 7) is 0.